The van der Waals surface area contributed by atoms with Crippen LogP contribution in [0.25, 0.3) is 39.5 Å². The van der Waals surface area contributed by atoms with Crippen molar-refractivity contribution >= 4 is 57.7 Å². The van der Waals surface area contributed by atoms with Crippen molar-refractivity contribution in [3.8, 4) is 22.9 Å². The summed E-state index contributed by atoms with van der Waals surface area (Å²) in [6.07, 6.45) is 2.24. The van der Waals surface area contributed by atoms with E-state index >= 15 is 0 Å². The lowest BCUT2D eigenvalue weighted by Crippen LogP contribution is -2.17. The molecule has 66 heavy (non-hydrogen) atoms. The second-order valence-electron chi connectivity index (χ2n) is 15.1. The Hall–Kier alpha value is -8.33. The summed E-state index contributed by atoms with van der Waals surface area (Å²) >= 11 is 0. The van der Waals surface area contributed by atoms with E-state index in [1.165, 1.54) is 29.9 Å². The first kappa shape index (κ1) is 48.7. The summed E-state index contributed by atoms with van der Waals surface area (Å²) in [6.45, 7) is 4.86. The number of aromatic hydroxyl groups is 2. The number of aryl methyl sites for hydroxylation is 2. The van der Waals surface area contributed by atoms with E-state index in [1.54, 1.807) is 24.3 Å². The molecule has 0 saturated heterocycles. The number of phenolic OH excluding ortho intramolecular Hbond substituents is 2. The molecule has 15 nitrogen and oxygen atoms in total. The summed E-state index contributed by atoms with van der Waals surface area (Å²) in [5, 5.41) is 39.9. The van der Waals surface area contributed by atoms with Gasteiger partial charge in [-0.05, 0) is 109 Å². The molecule has 15 heteroatoms. The molecule has 0 atom stereocenters. The van der Waals surface area contributed by atoms with Gasteiger partial charge in [-0.1, -0.05) is 63.4 Å². The van der Waals surface area contributed by atoms with E-state index in [1.807, 2.05) is 135 Å². The Morgan fingerprint density at radius 1 is 0.576 bits per heavy atom. The number of ether oxygens (including phenoxy) is 2. The van der Waals surface area contributed by atoms with E-state index < -0.39 is 11.9 Å². The van der Waals surface area contributed by atoms with Crippen LogP contribution >= 0.6 is 0 Å². The fourth-order valence-corrected chi connectivity index (χ4v) is 7.06. The van der Waals surface area contributed by atoms with E-state index in [9.17, 15) is 24.6 Å². The van der Waals surface area contributed by atoms with Gasteiger partial charge in [0, 0.05) is 55.2 Å². The zero-order chi connectivity index (χ0) is 45.5. The van der Waals surface area contributed by atoms with Crippen molar-refractivity contribution in [3.05, 3.63) is 160 Å². The molecular formula is C51H54N8O7. The molecule has 0 unspecified atom stereocenters. The minimum Gasteiger partial charge on any atom is -0.505 e. The molecule has 0 fully saturated rings. The van der Waals surface area contributed by atoms with Crippen LogP contribution in [0, 0.1) is 13.8 Å². The first-order valence-corrected chi connectivity index (χ1v) is 20.1. The average Bonchev–Trinajstić information content (AvgIpc) is 3.95. The second kappa shape index (κ2) is 21.4. The van der Waals surface area contributed by atoms with Gasteiger partial charge in [-0.2, -0.15) is 0 Å². The van der Waals surface area contributed by atoms with Crippen LogP contribution in [0.3, 0.4) is 0 Å². The molecule has 2 aromatic heterocycles. The third-order valence-corrected chi connectivity index (χ3v) is 10.4. The number of aldehydes is 1. The molecule has 0 aliphatic heterocycles. The van der Waals surface area contributed by atoms with Gasteiger partial charge in [0.25, 0.3) is 0 Å². The molecular weight excluding hydrogens is 837 g/mol. The number of fused-ring (bicyclic) bond motifs is 2. The van der Waals surface area contributed by atoms with Crippen LogP contribution in [0.5, 0.6) is 11.5 Å². The Balaban J connectivity index is 0.000000247. The quantitative estimate of drug-likeness (QED) is 0.0391. The molecule has 2 N–H and O–H groups in total. The SMILES string of the molecule is C.C.COC(=O)C(=Cc1ccc(N(C)Cc2cc(C)cc(-n3nc4ccccc4n3)c2O)cc1)C(=O)OC.Cc1cc(CN(C)c2ccc(C=O)cc2)c(O)c(-n2nc3ccccc3n2)c1. The number of hydrogen-bond acceptors (Lipinski definition) is 13. The van der Waals surface area contributed by atoms with Crippen LogP contribution in [0.1, 0.15) is 53.0 Å². The van der Waals surface area contributed by atoms with Crippen LogP contribution in [-0.2, 0) is 32.2 Å². The maximum Gasteiger partial charge on any atom is 0.345 e. The lowest BCUT2D eigenvalue weighted by Gasteiger charge is -2.21. The van der Waals surface area contributed by atoms with E-state index in [2.05, 4.69) is 29.9 Å². The minimum atomic E-state index is -0.770. The number of rotatable bonds is 12. The topological polar surface area (TPSA) is 178 Å². The molecule has 8 aromatic rings. The maximum absolute atomic E-state index is 11.9. The Morgan fingerprint density at radius 3 is 1.26 bits per heavy atom. The van der Waals surface area contributed by atoms with Crippen molar-refractivity contribution < 1.29 is 34.1 Å². The number of aromatic nitrogens is 6. The zero-order valence-corrected chi connectivity index (χ0v) is 36.1. The molecule has 0 radical (unpaired) electrons. The van der Waals surface area contributed by atoms with Gasteiger partial charge in [-0.3, -0.25) is 4.79 Å². The smallest absolute Gasteiger partial charge is 0.345 e. The number of methoxy groups -OCH3 is 2. The van der Waals surface area contributed by atoms with Crippen LogP contribution in [0.4, 0.5) is 11.4 Å². The van der Waals surface area contributed by atoms with Crippen molar-refractivity contribution in [2.24, 2.45) is 0 Å². The predicted molar refractivity (Wildman–Crippen MR) is 258 cm³/mol. The molecule has 340 valence electrons. The fraction of sp³-hybridized carbons (Fsp3) is 0.196. The molecule has 2 heterocycles. The molecule has 0 aliphatic carbocycles. The molecule has 8 rings (SSSR count). The number of carbonyl (C=O) groups excluding carboxylic acids is 3. The van der Waals surface area contributed by atoms with Gasteiger partial charge in [0.05, 0.1) is 14.2 Å². The van der Waals surface area contributed by atoms with Gasteiger partial charge in [0.2, 0.25) is 0 Å². The van der Waals surface area contributed by atoms with Crippen molar-refractivity contribution in [2.45, 2.75) is 41.8 Å². The standard InChI is InChI=1S/C27H26N4O5.C22H20N4O2.2CH4/c1-17-13-19(25(32)24(14-17)31-28-22-7-5-6-8-23(22)29-31)16-30(2)20-11-9-18(10-12-20)15-21(26(33)35-3)27(34)36-4;1-15-11-17(13-25(2)18-9-7-16(14-27)8-10-18)22(28)21(12-15)26-23-19-5-3-4-6-20(19)24-26;;/h5-15,32H,16H2,1-4H3;3-12,14,28H,13H2,1-2H3;2*1H4. The van der Waals surface area contributed by atoms with E-state index in [4.69, 9.17) is 0 Å². The molecule has 0 amide bonds. The van der Waals surface area contributed by atoms with E-state index in [0.717, 1.165) is 62.0 Å². The molecule has 0 bridgehead atoms. The van der Waals surface area contributed by atoms with Gasteiger partial charge in [-0.25, -0.2) is 9.59 Å². The Bertz CT molecular complexity index is 2930. The zero-order valence-electron chi connectivity index (χ0n) is 36.1. The highest BCUT2D eigenvalue weighted by Gasteiger charge is 2.20. The lowest BCUT2D eigenvalue weighted by molar-refractivity contribution is -0.143. The van der Waals surface area contributed by atoms with Gasteiger partial charge in [-0.15, -0.1) is 30.0 Å². The summed E-state index contributed by atoms with van der Waals surface area (Å²) in [4.78, 5) is 41.6. The average molecular weight is 891 g/mol. The normalized spacial score (nSPS) is 10.5. The monoisotopic (exact) mass is 890 g/mol. The summed E-state index contributed by atoms with van der Waals surface area (Å²) < 4.78 is 9.33. The first-order valence-electron chi connectivity index (χ1n) is 20.1. The van der Waals surface area contributed by atoms with E-state index in [-0.39, 0.29) is 31.9 Å². The van der Waals surface area contributed by atoms with Gasteiger partial charge in [0.1, 0.15) is 56.8 Å². The number of anilines is 2. The van der Waals surface area contributed by atoms with Crippen molar-refractivity contribution in [3.63, 3.8) is 0 Å². The van der Waals surface area contributed by atoms with Crippen molar-refractivity contribution in [1.82, 2.24) is 30.0 Å². The number of esters is 2. The Morgan fingerprint density at radius 2 is 0.924 bits per heavy atom. The van der Waals surface area contributed by atoms with Crippen molar-refractivity contribution in [2.75, 3.05) is 38.1 Å². The summed E-state index contributed by atoms with van der Waals surface area (Å²) in [6, 6.07) is 37.3. The molecule has 0 aliphatic rings. The van der Waals surface area contributed by atoms with Gasteiger partial charge < -0.3 is 29.5 Å². The van der Waals surface area contributed by atoms with Crippen LogP contribution in [0.2, 0.25) is 0 Å². The second-order valence-corrected chi connectivity index (χ2v) is 15.1. The fourth-order valence-electron chi connectivity index (χ4n) is 7.06. The third kappa shape index (κ3) is 10.9. The first-order chi connectivity index (χ1) is 30.8. The number of hydrogen-bond donors (Lipinski definition) is 2. The van der Waals surface area contributed by atoms with Crippen LogP contribution < -0.4 is 9.80 Å². The van der Waals surface area contributed by atoms with Gasteiger partial charge in [0.15, 0.2) is 0 Å². The summed E-state index contributed by atoms with van der Waals surface area (Å²) in [7, 11) is 6.25. The maximum atomic E-state index is 11.9. The number of phenols is 2. The molecule has 6 aromatic carbocycles. The summed E-state index contributed by atoms with van der Waals surface area (Å²) in [5.41, 5.74) is 10.5. The predicted octanol–water partition coefficient (Wildman–Crippen LogP) is 8.96. The largest absolute Gasteiger partial charge is 0.505 e. The molecule has 0 spiro atoms. The number of carbonyl (C=O) groups is 3. The van der Waals surface area contributed by atoms with E-state index in [0.29, 0.717) is 35.6 Å². The minimum absolute atomic E-state index is 0. The van der Waals surface area contributed by atoms with Crippen LogP contribution in [-0.4, -0.2) is 86.7 Å². The summed E-state index contributed by atoms with van der Waals surface area (Å²) in [5.74, 6) is -1.28. The highest BCUT2D eigenvalue weighted by atomic mass is 16.5. The Kier molecular flexibility index (Phi) is 15.8. The lowest BCUT2D eigenvalue weighted by atomic mass is 10.1. The molecule has 0 saturated carbocycles. The van der Waals surface area contributed by atoms with Crippen molar-refractivity contribution in [1.29, 1.82) is 0 Å². The Labute approximate surface area is 383 Å². The van der Waals surface area contributed by atoms with Crippen LogP contribution in [0.15, 0.2) is 127 Å². The number of nitrogens with zero attached hydrogens (tertiary/aromatic N) is 8. The third-order valence-electron chi connectivity index (χ3n) is 10.4. The highest BCUT2D eigenvalue weighted by Crippen LogP contribution is 2.32. The van der Waals surface area contributed by atoms with Gasteiger partial charge >= 0.3 is 11.9 Å². The number of benzene rings is 6. The highest BCUT2D eigenvalue weighted by molar-refractivity contribution is 6.17.